The van der Waals surface area contributed by atoms with Crippen molar-refractivity contribution in [2.24, 2.45) is 5.92 Å². The van der Waals surface area contributed by atoms with Crippen molar-refractivity contribution in [3.8, 4) is 12.3 Å². The second-order valence-corrected chi connectivity index (χ2v) is 3.61. The molecule has 1 rings (SSSR count). The Bertz CT molecular complexity index is 208. The van der Waals surface area contributed by atoms with Crippen molar-refractivity contribution in [2.75, 3.05) is 19.6 Å². The maximum Gasteiger partial charge on any atom is 0.391 e. The average Bonchev–Trinajstić information content (AvgIpc) is 2.14. The Morgan fingerprint density at radius 2 is 1.86 bits per heavy atom. The number of rotatable bonds is 2. The largest absolute Gasteiger partial charge is 0.391 e. The van der Waals surface area contributed by atoms with E-state index in [0.29, 0.717) is 19.5 Å². The van der Waals surface area contributed by atoms with Crippen LogP contribution in [-0.4, -0.2) is 30.7 Å². The average molecular weight is 205 g/mol. The Kier molecular flexibility index (Phi) is 3.82. The minimum Gasteiger partial charge on any atom is -0.302 e. The molecule has 0 radical (unpaired) electrons. The second-order valence-electron chi connectivity index (χ2n) is 3.61. The molecule has 1 saturated heterocycles. The lowest BCUT2D eigenvalue weighted by Gasteiger charge is -2.32. The molecule has 1 heterocycles. The summed E-state index contributed by atoms with van der Waals surface area (Å²) in [5.41, 5.74) is 0. The summed E-state index contributed by atoms with van der Waals surface area (Å²) in [5.74, 6) is 1.39. The molecule has 0 aliphatic carbocycles. The third kappa shape index (κ3) is 3.22. The molecule has 1 aliphatic heterocycles. The van der Waals surface area contributed by atoms with E-state index >= 15 is 0 Å². The lowest BCUT2D eigenvalue weighted by atomic mass is 9.96. The van der Waals surface area contributed by atoms with Crippen molar-refractivity contribution in [1.82, 2.24) is 4.90 Å². The summed E-state index contributed by atoms with van der Waals surface area (Å²) >= 11 is 0. The zero-order chi connectivity index (χ0) is 10.6. The predicted molar refractivity (Wildman–Crippen MR) is 48.7 cm³/mol. The molecular weight excluding hydrogens is 191 g/mol. The van der Waals surface area contributed by atoms with Gasteiger partial charge in [0.15, 0.2) is 0 Å². The van der Waals surface area contributed by atoms with Crippen LogP contribution in [0.2, 0.25) is 0 Å². The topological polar surface area (TPSA) is 3.24 Å². The Hall–Kier alpha value is -0.690. The van der Waals surface area contributed by atoms with Crippen molar-refractivity contribution < 1.29 is 13.2 Å². The fraction of sp³-hybridized carbons (Fsp3) is 0.800. The van der Waals surface area contributed by atoms with E-state index < -0.39 is 12.1 Å². The van der Waals surface area contributed by atoms with E-state index in [-0.39, 0.29) is 12.8 Å². The van der Waals surface area contributed by atoms with Gasteiger partial charge in [0, 0.05) is 13.0 Å². The van der Waals surface area contributed by atoms with Crippen LogP contribution in [0.4, 0.5) is 13.2 Å². The molecule has 0 spiro atoms. The number of terminal acetylenes is 1. The number of piperidine rings is 1. The van der Waals surface area contributed by atoms with E-state index in [9.17, 15) is 13.2 Å². The van der Waals surface area contributed by atoms with E-state index in [0.717, 1.165) is 6.54 Å². The first-order chi connectivity index (χ1) is 6.54. The highest BCUT2D eigenvalue weighted by Crippen LogP contribution is 2.33. The molecule has 0 amide bonds. The lowest BCUT2D eigenvalue weighted by molar-refractivity contribution is -0.184. The van der Waals surface area contributed by atoms with E-state index in [4.69, 9.17) is 6.42 Å². The van der Waals surface area contributed by atoms with Crippen LogP contribution >= 0.6 is 0 Å². The van der Waals surface area contributed by atoms with Crippen LogP contribution < -0.4 is 0 Å². The monoisotopic (exact) mass is 205 g/mol. The fourth-order valence-corrected chi connectivity index (χ4v) is 1.71. The summed E-state index contributed by atoms with van der Waals surface area (Å²) < 4.78 is 36.8. The molecule has 0 N–H and O–H groups in total. The van der Waals surface area contributed by atoms with Crippen LogP contribution in [0.5, 0.6) is 0 Å². The van der Waals surface area contributed by atoms with Crippen LogP contribution in [0.15, 0.2) is 0 Å². The van der Waals surface area contributed by atoms with Crippen LogP contribution in [0.3, 0.4) is 0 Å². The van der Waals surface area contributed by atoms with Gasteiger partial charge in [-0.05, 0) is 25.9 Å². The molecule has 0 aromatic rings. The first kappa shape index (κ1) is 11.4. The van der Waals surface area contributed by atoms with Gasteiger partial charge in [0.2, 0.25) is 0 Å². The minimum atomic E-state index is -4.02. The van der Waals surface area contributed by atoms with Gasteiger partial charge in [-0.3, -0.25) is 0 Å². The van der Waals surface area contributed by atoms with Gasteiger partial charge in [0.1, 0.15) is 0 Å². The van der Waals surface area contributed by atoms with Gasteiger partial charge in [-0.25, -0.2) is 0 Å². The zero-order valence-corrected chi connectivity index (χ0v) is 7.98. The van der Waals surface area contributed by atoms with Crippen molar-refractivity contribution in [3.63, 3.8) is 0 Å². The van der Waals surface area contributed by atoms with Gasteiger partial charge >= 0.3 is 6.18 Å². The number of alkyl halides is 3. The summed E-state index contributed by atoms with van der Waals surface area (Å²) in [6, 6.07) is 0. The highest BCUT2D eigenvalue weighted by molar-refractivity contribution is 4.86. The van der Waals surface area contributed by atoms with Gasteiger partial charge in [0.25, 0.3) is 0 Å². The summed E-state index contributed by atoms with van der Waals surface area (Å²) in [5, 5.41) is 0. The van der Waals surface area contributed by atoms with Crippen molar-refractivity contribution in [3.05, 3.63) is 0 Å². The van der Waals surface area contributed by atoms with Gasteiger partial charge in [0.05, 0.1) is 5.92 Å². The van der Waals surface area contributed by atoms with Gasteiger partial charge in [-0.15, -0.1) is 12.3 Å². The first-order valence-electron chi connectivity index (χ1n) is 4.76. The molecule has 0 unspecified atom stereocenters. The third-order valence-corrected chi connectivity index (χ3v) is 2.62. The van der Waals surface area contributed by atoms with Crippen LogP contribution in [-0.2, 0) is 0 Å². The molecule has 4 heteroatoms. The maximum absolute atomic E-state index is 12.3. The van der Waals surface area contributed by atoms with Crippen molar-refractivity contribution in [2.45, 2.75) is 25.4 Å². The molecule has 0 aromatic carbocycles. The lowest BCUT2D eigenvalue weighted by Crippen LogP contribution is -2.39. The molecular formula is C10H14F3N. The van der Waals surface area contributed by atoms with E-state index in [1.165, 1.54) is 0 Å². The molecule has 80 valence electrons. The van der Waals surface area contributed by atoms with Crippen LogP contribution in [0.25, 0.3) is 0 Å². The third-order valence-electron chi connectivity index (χ3n) is 2.62. The van der Waals surface area contributed by atoms with E-state index in [1.807, 2.05) is 4.90 Å². The molecule has 0 bridgehead atoms. The maximum atomic E-state index is 12.3. The number of hydrogen-bond acceptors (Lipinski definition) is 1. The van der Waals surface area contributed by atoms with E-state index in [2.05, 4.69) is 5.92 Å². The van der Waals surface area contributed by atoms with Crippen LogP contribution in [0, 0.1) is 18.3 Å². The van der Waals surface area contributed by atoms with Gasteiger partial charge in [-0.1, -0.05) is 0 Å². The highest BCUT2D eigenvalue weighted by atomic mass is 19.4. The zero-order valence-electron chi connectivity index (χ0n) is 7.98. The molecule has 1 fully saturated rings. The minimum absolute atomic E-state index is 0.216. The summed E-state index contributed by atoms with van der Waals surface area (Å²) in [7, 11) is 0. The smallest absolute Gasteiger partial charge is 0.302 e. The second kappa shape index (κ2) is 4.70. The highest BCUT2D eigenvalue weighted by Gasteiger charge is 2.40. The Morgan fingerprint density at radius 3 is 2.29 bits per heavy atom. The molecule has 0 saturated carbocycles. The van der Waals surface area contributed by atoms with Crippen LogP contribution in [0.1, 0.15) is 19.3 Å². The van der Waals surface area contributed by atoms with Gasteiger partial charge in [-0.2, -0.15) is 13.2 Å². The van der Waals surface area contributed by atoms with Crippen molar-refractivity contribution in [1.29, 1.82) is 0 Å². The predicted octanol–water partition coefficient (Wildman–Crippen LogP) is 2.28. The van der Waals surface area contributed by atoms with Gasteiger partial charge < -0.3 is 4.90 Å². The quantitative estimate of drug-likeness (QED) is 0.625. The summed E-state index contributed by atoms with van der Waals surface area (Å²) in [6.45, 7) is 1.76. The number of nitrogens with zero attached hydrogens (tertiary/aromatic N) is 1. The SMILES string of the molecule is C#CCCN1CCC(C(F)(F)F)CC1. The standard InChI is InChI=1S/C10H14F3N/c1-2-3-6-14-7-4-9(5-8-14)10(11,12)13/h1,9H,3-8H2. The number of hydrogen-bond donors (Lipinski definition) is 0. The molecule has 0 atom stereocenters. The normalized spacial score (nSPS) is 20.7. The van der Waals surface area contributed by atoms with Crippen molar-refractivity contribution >= 4 is 0 Å². The Balaban J connectivity index is 2.29. The molecule has 0 aromatic heterocycles. The molecule has 14 heavy (non-hydrogen) atoms. The number of halogens is 3. The fourth-order valence-electron chi connectivity index (χ4n) is 1.71. The van der Waals surface area contributed by atoms with E-state index in [1.54, 1.807) is 0 Å². The summed E-state index contributed by atoms with van der Waals surface area (Å²) in [4.78, 5) is 2.00. The molecule has 1 aliphatic rings. The Morgan fingerprint density at radius 1 is 1.29 bits per heavy atom. The number of likely N-dealkylation sites (tertiary alicyclic amines) is 1. The summed E-state index contributed by atoms with van der Waals surface area (Å²) in [6.07, 6.45) is 2.12. The Labute approximate surface area is 82.3 Å². The first-order valence-corrected chi connectivity index (χ1v) is 4.76. The molecule has 1 nitrogen and oxygen atoms in total.